The Bertz CT molecular complexity index is 843. The highest BCUT2D eigenvalue weighted by Crippen LogP contribution is 2.47. The fourth-order valence-corrected chi connectivity index (χ4v) is 5.10. The van der Waals surface area contributed by atoms with Gasteiger partial charge in [-0.05, 0) is 90.4 Å². The molecule has 1 N–H and O–H groups in total. The fraction of sp³-hybridized carbons (Fsp3) is 0.688. The number of amides is 2. The van der Waals surface area contributed by atoms with Gasteiger partial charge < -0.3 is 10.2 Å². The molecule has 3 saturated carbocycles. The highest BCUT2D eigenvalue weighted by molar-refractivity contribution is 5.84. The zero-order valence-corrected chi connectivity index (χ0v) is 23.7. The number of unbranched alkanes of at least 4 members (excludes halogenated alkanes) is 1. The predicted octanol–water partition coefficient (Wildman–Crippen LogP) is 6.69. The number of hydrogen-bond donors (Lipinski definition) is 1. The molecule has 200 valence electrons. The van der Waals surface area contributed by atoms with Gasteiger partial charge >= 0.3 is 0 Å². The minimum Gasteiger partial charge on any atom is -0.351 e. The lowest BCUT2D eigenvalue weighted by atomic mass is 9.61. The van der Waals surface area contributed by atoms with Crippen LogP contribution in [0.25, 0.3) is 0 Å². The molecule has 0 aromatic carbocycles. The topological polar surface area (TPSA) is 49.4 Å². The molecule has 0 aromatic rings. The minimum atomic E-state index is -0.121. The van der Waals surface area contributed by atoms with Crippen LogP contribution >= 0.6 is 0 Å². The Labute approximate surface area is 221 Å². The van der Waals surface area contributed by atoms with Crippen LogP contribution in [0.5, 0.6) is 0 Å². The third-order valence-electron chi connectivity index (χ3n) is 8.28. The number of piperidine rings is 2. The molecule has 2 saturated heterocycles. The Morgan fingerprint density at radius 3 is 2.06 bits per heavy atom. The van der Waals surface area contributed by atoms with Crippen molar-refractivity contribution in [2.24, 2.45) is 29.6 Å². The number of hydrogen-bond acceptors (Lipinski definition) is 2. The van der Waals surface area contributed by atoms with Gasteiger partial charge in [-0.15, -0.1) is 12.8 Å². The molecule has 0 radical (unpaired) electrons. The Hall–Kier alpha value is -2.28. The second-order valence-electron chi connectivity index (χ2n) is 11.7. The summed E-state index contributed by atoms with van der Waals surface area (Å²) >= 11 is 0. The van der Waals surface area contributed by atoms with Gasteiger partial charge in [-0.2, -0.15) is 0 Å². The normalized spacial score (nSPS) is 25.7. The molecular formula is C32H50N2O2. The average molecular weight is 495 g/mol. The van der Waals surface area contributed by atoms with Gasteiger partial charge in [0.2, 0.25) is 11.8 Å². The van der Waals surface area contributed by atoms with E-state index in [1.165, 1.54) is 31.3 Å². The molecule has 5 fully saturated rings. The molecular weight excluding hydrogens is 444 g/mol. The predicted molar refractivity (Wildman–Crippen MR) is 151 cm³/mol. The maximum Gasteiger partial charge on any atom is 0.225 e. The van der Waals surface area contributed by atoms with E-state index in [2.05, 4.69) is 84.0 Å². The maximum absolute atomic E-state index is 12.4. The third kappa shape index (κ3) is 8.68. The van der Waals surface area contributed by atoms with E-state index in [-0.39, 0.29) is 17.4 Å². The molecule has 2 amide bonds. The Morgan fingerprint density at radius 2 is 1.56 bits per heavy atom. The van der Waals surface area contributed by atoms with Crippen molar-refractivity contribution in [3.05, 3.63) is 35.5 Å². The number of carbonyl (C=O) groups is 2. The van der Waals surface area contributed by atoms with Crippen molar-refractivity contribution in [2.45, 2.75) is 98.4 Å². The van der Waals surface area contributed by atoms with E-state index >= 15 is 0 Å². The van der Waals surface area contributed by atoms with Gasteiger partial charge in [0.25, 0.3) is 0 Å². The quantitative estimate of drug-likeness (QED) is 0.287. The van der Waals surface area contributed by atoms with E-state index < -0.39 is 0 Å². The van der Waals surface area contributed by atoms with Gasteiger partial charge in [-0.25, -0.2) is 0 Å². The monoisotopic (exact) mass is 494 g/mol. The maximum atomic E-state index is 12.4. The van der Waals surface area contributed by atoms with Crippen molar-refractivity contribution >= 4 is 11.8 Å². The third-order valence-corrected chi connectivity index (χ3v) is 8.28. The van der Waals surface area contributed by atoms with Gasteiger partial charge in [0.05, 0.1) is 0 Å². The molecule has 5 rings (SSSR count). The van der Waals surface area contributed by atoms with Crippen LogP contribution in [-0.2, 0) is 9.59 Å². The summed E-state index contributed by atoms with van der Waals surface area (Å²) in [7, 11) is 0. The summed E-state index contributed by atoms with van der Waals surface area (Å²) in [5.74, 6) is 2.68. The second kappa shape index (κ2) is 13.9. The minimum absolute atomic E-state index is 0.121. The molecule has 5 aliphatic rings. The number of nitrogens with zero attached hydrogens (tertiary/aromatic N) is 1. The van der Waals surface area contributed by atoms with Gasteiger partial charge in [-0.1, -0.05) is 55.7 Å². The highest BCUT2D eigenvalue weighted by atomic mass is 16.2. The number of carbonyl (C=O) groups excluding carboxylic acids is 2. The number of rotatable bonds is 9. The molecule has 0 spiro atoms. The first-order valence-corrected chi connectivity index (χ1v) is 14.1. The first-order valence-electron chi connectivity index (χ1n) is 14.1. The zero-order valence-electron chi connectivity index (χ0n) is 23.7. The average Bonchev–Trinajstić information content (AvgIpc) is 3.77. The molecule has 2 aliphatic heterocycles. The van der Waals surface area contributed by atoms with E-state index in [0.717, 1.165) is 44.7 Å². The van der Waals surface area contributed by atoms with Crippen molar-refractivity contribution in [3.8, 4) is 12.8 Å². The Balaban J connectivity index is 0.000000252. The largest absolute Gasteiger partial charge is 0.351 e. The first kappa shape index (κ1) is 29.9. The summed E-state index contributed by atoms with van der Waals surface area (Å²) in [6.07, 6.45) is 26.2. The summed E-state index contributed by atoms with van der Waals surface area (Å²) < 4.78 is 0. The van der Waals surface area contributed by atoms with Crippen LogP contribution in [-0.4, -0.2) is 35.3 Å². The van der Waals surface area contributed by atoms with Crippen molar-refractivity contribution in [3.63, 3.8) is 0 Å². The number of allylic oxidation sites excluding steroid dienone is 6. The Morgan fingerprint density at radius 1 is 0.972 bits per heavy atom. The molecule has 4 heteroatoms. The summed E-state index contributed by atoms with van der Waals surface area (Å²) in [5, 5.41) is 3.17. The van der Waals surface area contributed by atoms with E-state index in [1.54, 1.807) is 5.57 Å². The summed E-state index contributed by atoms with van der Waals surface area (Å²) in [5.41, 5.74) is 2.92. The van der Waals surface area contributed by atoms with Gasteiger partial charge in [0.15, 0.2) is 0 Å². The first-order chi connectivity index (χ1) is 17.2. The SMILES string of the molecule is C#C.CCC(C)(C)NC(=O)C1C2CC1CN(C(=O)C1CC1)C2.CCC\C=C/C=C\C(C)=C(\C)C1CC1. The van der Waals surface area contributed by atoms with E-state index in [9.17, 15) is 9.59 Å². The van der Waals surface area contributed by atoms with Crippen LogP contribution in [0.1, 0.15) is 92.9 Å². The molecule has 0 aromatic heterocycles. The van der Waals surface area contributed by atoms with Crippen LogP contribution in [0.15, 0.2) is 35.5 Å². The molecule has 4 nitrogen and oxygen atoms in total. The van der Waals surface area contributed by atoms with Crippen molar-refractivity contribution in [1.82, 2.24) is 10.2 Å². The van der Waals surface area contributed by atoms with E-state index in [0.29, 0.717) is 23.7 Å². The van der Waals surface area contributed by atoms with Crippen molar-refractivity contribution in [2.75, 3.05) is 13.1 Å². The van der Waals surface area contributed by atoms with Crippen LogP contribution in [0, 0.1) is 42.4 Å². The van der Waals surface area contributed by atoms with Crippen LogP contribution in [0.2, 0.25) is 0 Å². The second-order valence-corrected chi connectivity index (χ2v) is 11.7. The molecule has 2 unspecified atom stereocenters. The van der Waals surface area contributed by atoms with Crippen molar-refractivity contribution < 1.29 is 9.59 Å². The fourth-order valence-electron chi connectivity index (χ4n) is 5.10. The smallest absolute Gasteiger partial charge is 0.225 e. The lowest BCUT2D eigenvalue weighted by Crippen LogP contribution is -2.62. The lowest BCUT2D eigenvalue weighted by molar-refractivity contribution is -0.154. The molecule has 2 heterocycles. The van der Waals surface area contributed by atoms with Crippen LogP contribution in [0.4, 0.5) is 0 Å². The summed E-state index contributed by atoms with van der Waals surface area (Å²) in [6, 6.07) is 0. The summed E-state index contributed by atoms with van der Waals surface area (Å²) in [4.78, 5) is 26.5. The van der Waals surface area contributed by atoms with Crippen LogP contribution < -0.4 is 5.32 Å². The van der Waals surface area contributed by atoms with E-state index in [1.807, 2.05) is 4.90 Å². The van der Waals surface area contributed by atoms with Crippen molar-refractivity contribution in [1.29, 1.82) is 0 Å². The number of nitrogens with one attached hydrogen (secondary N) is 1. The molecule has 2 atom stereocenters. The standard InChI is InChI=1S/C16H26N2O2.C14H22.C2H2/c1-4-16(2,3)17-14(19)13-11-7-12(13)9-18(8-11)15(20)10-5-6-10;1-4-5-6-7-8-9-12(2)13(3)14-10-11-14;1-2/h10-13H,4-9H2,1-3H3,(H,17,19);6-9,14H,4-5,10-11H2,1-3H3;1-2H/b;7-6-,9-8-,13-12-;. The number of terminal acetylenes is 1. The Kier molecular flexibility index (Phi) is 11.5. The molecule has 36 heavy (non-hydrogen) atoms. The number of fused-ring (bicyclic) bond motifs is 2. The zero-order chi connectivity index (χ0) is 26.9. The van der Waals surface area contributed by atoms with Gasteiger partial charge in [0.1, 0.15) is 0 Å². The lowest BCUT2D eigenvalue weighted by Gasteiger charge is -2.53. The van der Waals surface area contributed by atoms with Gasteiger partial charge in [-0.3, -0.25) is 9.59 Å². The summed E-state index contributed by atoms with van der Waals surface area (Å²) in [6.45, 7) is 14.5. The highest BCUT2D eigenvalue weighted by Gasteiger charge is 2.52. The molecule has 2 bridgehead atoms. The van der Waals surface area contributed by atoms with Crippen LogP contribution in [0.3, 0.4) is 0 Å². The molecule has 3 aliphatic carbocycles. The van der Waals surface area contributed by atoms with E-state index in [4.69, 9.17) is 0 Å². The van der Waals surface area contributed by atoms with Gasteiger partial charge in [0, 0.05) is 30.5 Å².